The van der Waals surface area contributed by atoms with Crippen molar-refractivity contribution in [3.8, 4) is 0 Å². The number of hydrogen-bond donors (Lipinski definition) is 1. The quantitative estimate of drug-likeness (QED) is 0.864. The third-order valence-electron chi connectivity index (χ3n) is 2.49. The largest absolute Gasteiger partial charge is 0.465 e. The second-order valence-electron chi connectivity index (χ2n) is 3.78. The monoisotopic (exact) mass is 231 g/mol. The highest BCUT2D eigenvalue weighted by Crippen LogP contribution is 2.11. The topological polar surface area (TPSA) is 34.4 Å². The molecule has 0 aromatic carbocycles. The Kier molecular flexibility index (Phi) is 5.15. The number of halogens is 1. The maximum absolute atomic E-state index is 5.50. The number of furan rings is 1. The lowest BCUT2D eigenvalue weighted by atomic mass is 10.2. The van der Waals surface area contributed by atoms with E-state index in [2.05, 4.69) is 5.32 Å². The standard InChI is InChI=1S/C11H17NO2.ClH/c1-9-4-5-11(14-9)8-12-7-10-3-2-6-13-10;/h4-5,10,12H,2-3,6-8H2,1H3;1H. The van der Waals surface area contributed by atoms with Crippen LogP contribution in [0.2, 0.25) is 0 Å². The van der Waals surface area contributed by atoms with E-state index in [9.17, 15) is 0 Å². The van der Waals surface area contributed by atoms with Crippen LogP contribution in [-0.4, -0.2) is 19.3 Å². The van der Waals surface area contributed by atoms with E-state index in [-0.39, 0.29) is 12.4 Å². The minimum absolute atomic E-state index is 0. The average molecular weight is 232 g/mol. The van der Waals surface area contributed by atoms with Gasteiger partial charge in [0, 0.05) is 13.2 Å². The van der Waals surface area contributed by atoms with Gasteiger partial charge in [-0.05, 0) is 31.9 Å². The number of hydrogen-bond acceptors (Lipinski definition) is 3. The molecule has 4 heteroatoms. The van der Waals surface area contributed by atoms with E-state index < -0.39 is 0 Å². The van der Waals surface area contributed by atoms with Crippen molar-refractivity contribution in [2.45, 2.75) is 32.4 Å². The Morgan fingerprint density at radius 3 is 2.93 bits per heavy atom. The first-order valence-electron chi connectivity index (χ1n) is 5.22. The predicted molar refractivity (Wildman–Crippen MR) is 61.4 cm³/mol. The van der Waals surface area contributed by atoms with E-state index >= 15 is 0 Å². The molecule has 1 unspecified atom stereocenters. The van der Waals surface area contributed by atoms with E-state index in [1.165, 1.54) is 12.8 Å². The van der Waals surface area contributed by atoms with Crippen LogP contribution in [0.3, 0.4) is 0 Å². The molecule has 1 aliphatic rings. The van der Waals surface area contributed by atoms with Crippen LogP contribution in [0, 0.1) is 6.92 Å². The highest BCUT2D eigenvalue weighted by molar-refractivity contribution is 5.85. The van der Waals surface area contributed by atoms with Crippen LogP contribution in [0.25, 0.3) is 0 Å². The molecule has 1 saturated heterocycles. The van der Waals surface area contributed by atoms with Crippen molar-refractivity contribution in [2.24, 2.45) is 0 Å². The molecular weight excluding hydrogens is 214 g/mol. The van der Waals surface area contributed by atoms with Gasteiger partial charge in [-0.1, -0.05) is 0 Å². The van der Waals surface area contributed by atoms with Crippen molar-refractivity contribution >= 4 is 12.4 Å². The highest BCUT2D eigenvalue weighted by Gasteiger charge is 2.14. The minimum Gasteiger partial charge on any atom is -0.465 e. The summed E-state index contributed by atoms with van der Waals surface area (Å²) in [6, 6.07) is 4.00. The molecule has 0 bridgehead atoms. The first-order valence-corrected chi connectivity index (χ1v) is 5.22. The Bertz CT molecular complexity index is 282. The predicted octanol–water partition coefficient (Wildman–Crippen LogP) is 2.28. The zero-order chi connectivity index (χ0) is 9.80. The molecule has 0 amide bonds. The van der Waals surface area contributed by atoms with Crippen molar-refractivity contribution in [2.75, 3.05) is 13.2 Å². The van der Waals surface area contributed by atoms with Crippen LogP contribution in [0.5, 0.6) is 0 Å². The number of aryl methyl sites for hydroxylation is 1. The summed E-state index contributed by atoms with van der Waals surface area (Å²) in [5, 5.41) is 3.34. The molecule has 86 valence electrons. The van der Waals surface area contributed by atoms with Crippen LogP contribution in [0.4, 0.5) is 0 Å². The Labute approximate surface area is 96.6 Å². The molecule has 1 fully saturated rings. The second-order valence-corrected chi connectivity index (χ2v) is 3.78. The summed E-state index contributed by atoms with van der Waals surface area (Å²) in [5.74, 6) is 1.97. The maximum Gasteiger partial charge on any atom is 0.117 e. The summed E-state index contributed by atoms with van der Waals surface area (Å²) in [4.78, 5) is 0. The lowest BCUT2D eigenvalue weighted by molar-refractivity contribution is 0.109. The number of rotatable bonds is 4. The molecule has 3 nitrogen and oxygen atoms in total. The van der Waals surface area contributed by atoms with Gasteiger partial charge in [-0.2, -0.15) is 0 Å². The van der Waals surface area contributed by atoms with Crippen molar-refractivity contribution < 1.29 is 9.15 Å². The van der Waals surface area contributed by atoms with E-state index in [1.807, 2.05) is 19.1 Å². The van der Waals surface area contributed by atoms with Crippen molar-refractivity contribution in [3.05, 3.63) is 23.7 Å². The van der Waals surface area contributed by atoms with Gasteiger partial charge in [0.2, 0.25) is 0 Å². The lowest BCUT2D eigenvalue weighted by Crippen LogP contribution is -2.25. The zero-order valence-corrected chi connectivity index (χ0v) is 9.81. The van der Waals surface area contributed by atoms with E-state index in [4.69, 9.17) is 9.15 Å². The van der Waals surface area contributed by atoms with Gasteiger partial charge in [-0.3, -0.25) is 0 Å². The molecule has 0 spiro atoms. The summed E-state index contributed by atoms with van der Waals surface area (Å²) in [6.07, 6.45) is 2.79. The van der Waals surface area contributed by atoms with Gasteiger partial charge < -0.3 is 14.5 Å². The number of ether oxygens (including phenoxy) is 1. The SMILES string of the molecule is Cc1ccc(CNCC2CCCO2)o1.Cl. The van der Waals surface area contributed by atoms with Crippen LogP contribution in [-0.2, 0) is 11.3 Å². The fourth-order valence-corrected chi connectivity index (χ4v) is 1.74. The smallest absolute Gasteiger partial charge is 0.117 e. The van der Waals surface area contributed by atoms with E-state index in [0.29, 0.717) is 6.10 Å². The van der Waals surface area contributed by atoms with Gasteiger partial charge in [0.1, 0.15) is 11.5 Å². The van der Waals surface area contributed by atoms with Gasteiger partial charge >= 0.3 is 0 Å². The summed E-state index contributed by atoms with van der Waals surface area (Å²) >= 11 is 0. The summed E-state index contributed by atoms with van der Waals surface area (Å²) in [6.45, 7) is 4.61. The van der Waals surface area contributed by atoms with Gasteiger partial charge in [-0.15, -0.1) is 12.4 Å². The highest BCUT2D eigenvalue weighted by atomic mass is 35.5. The summed E-state index contributed by atoms with van der Waals surface area (Å²) in [7, 11) is 0. The second kappa shape index (κ2) is 6.16. The van der Waals surface area contributed by atoms with Crippen molar-refractivity contribution in [1.82, 2.24) is 5.32 Å². The first-order chi connectivity index (χ1) is 6.84. The van der Waals surface area contributed by atoms with Gasteiger partial charge in [0.05, 0.1) is 12.6 Å². The molecule has 1 aromatic rings. The van der Waals surface area contributed by atoms with Crippen LogP contribution < -0.4 is 5.32 Å². The lowest BCUT2D eigenvalue weighted by Gasteiger charge is -2.09. The molecule has 15 heavy (non-hydrogen) atoms. The molecule has 1 N–H and O–H groups in total. The molecule has 0 aliphatic carbocycles. The van der Waals surface area contributed by atoms with Gasteiger partial charge in [0.25, 0.3) is 0 Å². The third-order valence-corrected chi connectivity index (χ3v) is 2.49. The molecule has 0 radical (unpaired) electrons. The zero-order valence-electron chi connectivity index (χ0n) is 8.99. The Hall–Kier alpha value is -0.510. The van der Waals surface area contributed by atoms with Crippen LogP contribution in [0.1, 0.15) is 24.4 Å². The van der Waals surface area contributed by atoms with Crippen LogP contribution in [0.15, 0.2) is 16.5 Å². The van der Waals surface area contributed by atoms with Gasteiger partial charge in [0.15, 0.2) is 0 Å². The Morgan fingerprint density at radius 1 is 1.47 bits per heavy atom. The Morgan fingerprint density at radius 2 is 2.33 bits per heavy atom. The molecule has 0 saturated carbocycles. The summed E-state index contributed by atoms with van der Waals surface area (Å²) in [5.41, 5.74) is 0. The molecule has 1 aliphatic heterocycles. The van der Waals surface area contributed by atoms with Crippen LogP contribution >= 0.6 is 12.4 Å². The fourth-order valence-electron chi connectivity index (χ4n) is 1.74. The summed E-state index contributed by atoms with van der Waals surface area (Å²) < 4.78 is 10.9. The normalized spacial score (nSPS) is 20.2. The van der Waals surface area contributed by atoms with E-state index in [1.54, 1.807) is 0 Å². The Balaban J connectivity index is 0.00000112. The minimum atomic E-state index is 0. The van der Waals surface area contributed by atoms with Gasteiger partial charge in [-0.25, -0.2) is 0 Å². The van der Waals surface area contributed by atoms with E-state index in [0.717, 1.165) is 31.2 Å². The molecule has 1 aromatic heterocycles. The third kappa shape index (κ3) is 3.86. The van der Waals surface area contributed by atoms with Crippen molar-refractivity contribution in [1.29, 1.82) is 0 Å². The maximum atomic E-state index is 5.50. The molecular formula is C11H18ClNO2. The fraction of sp³-hybridized carbons (Fsp3) is 0.636. The molecule has 2 rings (SSSR count). The molecule has 2 heterocycles. The first kappa shape index (κ1) is 12.6. The average Bonchev–Trinajstić information content (AvgIpc) is 2.77. The van der Waals surface area contributed by atoms with Crippen molar-refractivity contribution in [3.63, 3.8) is 0 Å². The molecule has 1 atom stereocenters. The number of nitrogens with one attached hydrogen (secondary N) is 1.